The molecule has 5 heteroatoms. The fraction of sp³-hybridized carbons (Fsp3) is 0. The van der Waals surface area contributed by atoms with Crippen molar-refractivity contribution in [2.75, 3.05) is 10.6 Å². The summed E-state index contributed by atoms with van der Waals surface area (Å²) < 4.78 is 0. The van der Waals surface area contributed by atoms with Gasteiger partial charge in [0.1, 0.15) is 0 Å². The lowest BCUT2D eigenvalue weighted by atomic mass is 10.0. The van der Waals surface area contributed by atoms with Gasteiger partial charge in [0.2, 0.25) is 0 Å². The molecule has 0 aliphatic rings. The van der Waals surface area contributed by atoms with E-state index in [1.165, 1.54) is 11.3 Å². The van der Waals surface area contributed by atoms with Crippen LogP contribution in [0, 0.1) is 0 Å². The van der Waals surface area contributed by atoms with Gasteiger partial charge in [0.25, 0.3) is 11.8 Å². The fourth-order valence-corrected chi connectivity index (χ4v) is 3.48. The van der Waals surface area contributed by atoms with Crippen LogP contribution in [0.1, 0.15) is 20.0 Å². The predicted octanol–water partition coefficient (Wildman–Crippen LogP) is 5.41. The van der Waals surface area contributed by atoms with Gasteiger partial charge in [-0.05, 0) is 52.6 Å². The maximum absolute atomic E-state index is 12.7. The van der Waals surface area contributed by atoms with Crippen LogP contribution in [0.5, 0.6) is 0 Å². The Hall–Kier alpha value is -3.44. The van der Waals surface area contributed by atoms with Gasteiger partial charge in [-0.1, -0.05) is 42.5 Å². The Morgan fingerprint density at radius 3 is 2.04 bits per heavy atom. The van der Waals surface area contributed by atoms with Crippen LogP contribution in [0.3, 0.4) is 0 Å². The van der Waals surface area contributed by atoms with E-state index in [1.54, 1.807) is 30.3 Å². The van der Waals surface area contributed by atoms with Crippen LogP contribution in [0.4, 0.5) is 11.4 Å². The molecule has 132 valence electrons. The molecule has 4 rings (SSSR count). The maximum atomic E-state index is 12.7. The average Bonchev–Trinajstić information content (AvgIpc) is 3.24. The third-order valence-electron chi connectivity index (χ3n) is 4.18. The summed E-state index contributed by atoms with van der Waals surface area (Å²) in [6, 6.07) is 24.2. The van der Waals surface area contributed by atoms with Crippen LogP contribution in [0.25, 0.3) is 10.8 Å². The highest BCUT2D eigenvalue weighted by atomic mass is 32.1. The number of nitrogens with one attached hydrogen (secondary N) is 2. The van der Waals surface area contributed by atoms with Crippen LogP contribution >= 0.6 is 11.3 Å². The molecule has 2 N–H and O–H groups in total. The minimum absolute atomic E-state index is 0.141. The number of benzene rings is 3. The molecule has 0 aliphatic carbocycles. The molecule has 0 unspecified atom stereocenters. The molecule has 0 aliphatic heterocycles. The summed E-state index contributed by atoms with van der Waals surface area (Å²) in [5.41, 5.74) is 1.97. The molecule has 4 nitrogen and oxygen atoms in total. The zero-order valence-electron chi connectivity index (χ0n) is 14.3. The lowest BCUT2D eigenvalue weighted by Crippen LogP contribution is -2.13. The predicted molar refractivity (Wildman–Crippen MR) is 111 cm³/mol. The Balaban J connectivity index is 1.48. The van der Waals surface area contributed by atoms with E-state index in [0.717, 1.165) is 10.8 Å². The van der Waals surface area contributed by atoms with Gasteiger partial charge in [-0.25, -0.2) is 0 Å². The van der Waals surface area contributed by atoms with Gasteiger partial charge < -0.3 is 10.6 Å². The number of carbonyl (C=O) groups excluding carboxylic acids is 2. The number of carbonyl (C=O) groups is 2. The first-order chi connectivity index (χ1) is 13.2. The van der Waals surface area contributed by atoms with E-state index in [-0.39, 0.29) is 11.8 Å². The first-order valence-corrected chi connectivity index (χ1v) is 9.33. The Kier molecular flexibility index (Phi) is 4.68. The molecular formula is C22H16N2O2S. The van der Waals surface area contributed by atoms with Gasteiger partial charge >= 0.3 is 0 Å². The molecule has 0 saturated carbocycles. The second-order valence-electron chi connectivity index (χ2n) is 5.99. The summed E-state index contributed by atoms with van der Waals surface area (Å²) in [5, 5.41) is 9.55. The molecule has 3 aromatic carbocycles. The van der Waals surface area contributed by atoms with Crippen molar-refractivity contribution in [1.82, 2.24) is 0 Å². The van der Waals surface area contributed by atoms with Crippen LogP contribution in [0.15, 0.2) is 84.2 Å². The molecule has 0 atom stereocenters. The summed E-state index contributed by atoms with van der Waals surface area (Å²) in [4.78, 5) is 25.4. The Morgan fingerprint density at radius 1 is 0.667 bits per heavy atom. The summed E-state index contributed by atoms with van der Waals surface area (Å²) in [6.45, 7) is 0. The standard InChI is InChI=1S/C22H16N2O2S/c25-21(19-8-3-6-15-5-1-2-7-18(15)19)23-16-10-12-17(13-11-16)24-22(26)20-9-4-14-27-20/h1-14H,(H,23,25)(H,24,26). The number of fused-ring (bicyclic) bond motifs is 1. The molecule has 0 spiro atoms. The normalized spacial score (nSPS) is 10.5. The van der Waals surface area contributed by atoms with Crippen LogP contribution in [0.2, 0.25) is 0 Å². The number of anilines is 2. The molecule has 2 amide bonds. The number of thiophene rings is 1. The van der Waals surface area contributed by atoms with E-state index in [0.29, 0.717) is 21.8 Å². The highest BCUT2D eigenvalue weighted by Gasteiger charge is 2.10. The van der Waals surface area contributed by atoms with Crippen LogP contribution < -0.4 is 10.6 Å². The van der Waals surface area contributed by atoms with Crippen LogP contribution in [-0.2, 0) is 0 Å². The van der Waals surface area contributed by atoms with E-state index >= 15 is 0 Å². The van der Waals surface area contributed by atoms with Crippen molar-refractivity contribution in [2.24, 2.45) is 0 Å². The van der Waals surface area contributed by atoms with E-state index in [1.807, 2.05) is 53.9 Å². The fourth-order valence-electron chi connectivity index (χ4n) is 2.86. The van der Waals surface area contributed by atoms with Gasteiger partial charge in [0.05, 0.1) is 4.88 Å². The topological polar surface area (TPSA) is 58.2 Å². The number of hydrogen-bond donors (Lipinski definition) is 2. The largest absolute Gasteiger partial charge is 0.322 e. The Morgan fingerprint density at radius 2 is 1.33 bits per heavy atom. The molecule has 0 saturated heterocycles. The van der Waals surface area contributed by atoms with Crippen molar-refractivity contribution >= 4 is 45.3 Å². The lowest BCUT2D eigenvalue weighted by molar-refractivity contribution is 0.102. The van der Waals surface area contributed by atoms with E-state index in [9.17, 15) is 9.59 Å². The molecule has 0 radical (unpaired) electrons. The van der Waals surface area contributed by atoms with Gasteiger partial charge in [-0.3, -0.25) is 9.59 Å². The molecule has 1 heterocycles. The highest BCUT2D eigenvalue weighted by Crippen LogP contribution is 2.21. The summed E-state index contributed by atoms with van der Waals surface area (Å²) in [7, 11) is 0. The first-order valence-electron chi connectivity index (χ1n) is 8.45. The van der Waals surface area contributed by atoms with Crippen molar-refractivity contribution in [3.8, 4) is 0 Å². The van der Waals surface area contributed by atoms with E-state index in [2.05, 4.69) is 10.6 Å². The van der Waals surface area contributed by atoms with Gasteiger partial charge in [-0.2, -0.15) is 0 Å². The first kappa shape index (κ1) is 17.0. The van der Waals surface area contributed by atoms with E-state index < -0.39 is 0 Å². The lowest BCUT2D eigenvalue weighted by Gasteiger charge is -2.09. The SMILES string of the molecule is O=C(Nc1ccc(NC(=O)c2cccc3ccccc23)cc1)c1cccs1. The molecule has 4 aromatic rings. The Bertz CT molecular complexity index is 1100. The molecular weight excluding hydrogens is 356 g/mol. The minimum atomic E-state index is -0.165. The van der Waals surface area contributed by atoms with Gasteiger partial charge in [0.15, 0.2) is 0 Å². The molecule has 0 bridgehead atoms. The number of amides is 2. The van der Waals surface area contributed by atoms with E-state index in [4.69, 9.17) is 0 Å². The summed E-state index contributed by atoms with van der Waals surface area (Å²) in [6.07, 6.45) is 0. The zero-order chi connectivity index (χ0) is 18.6. The Labute approximate surface area is 160 Å². The van der Waals surface area contributed by atoms with Crippen molar-refractivity contribution < 1.29 is 9.59 Å². The van der Waals surface area contributed by atoms with Crippen molar-refractivity contribution in [3.05, 3.63) is 94.7 Å². The third kappa shape index (κ3) is 3.73. The molecule has 27 heavy (non-hydrogen) atoms. The second-order valence-corrected chi connectivity index (χ2v) is 6.94. The number of rotatable bonds is 4. The molecule has 1 aromatic heterocycles. The van der Waals surface area contributed by atoms with Gasteiger partial charge in [0, 0.05) is 16.9 Å². The van der Waals surface area contributed by atoms with Gasteiger partial charge in [-0.15, -0.1) is 11.3 Å². The average molecular weight is 372 g/mol. The quantitative estimate of drug-likeness (QED) is 0.503. The second kappa shape index (κ2) is 7.43. The van der Waals surface area contributed by atoms with Crippen LogP contribution in [-0.4, -0.2) is 11.8 Å². The van der Waals surface area contributed by atoms with Crippen molar-refractivity contribution in [2.45, 2.75) is 0 Å². The van der Waals surface area contributed by atoms with Crippen molar-refractivity contribution in [3.63, 3.8) is 0 Å². The maximum Gasteiger partial charge on any atom is 0.265 e. The molecule has 0 fully saturated rings. The van der Waals surface area contributed by atoms with Crippen molar-refractivity contribution in [1.29, 1.82) is 0 Å². The third-order valence-corrected chi connectivity index (χ3v) is 5.05. The summed E-state index contributed by atoms with van der Waals surface area (Å²) in [5.74, 6) is -0.306. The monoisotopic (exact) mass is 372 g/mol. The summed E-state index contributed by atoms with van der Waals surface area (Å²) >= 11 is 1.39. The zero-order valence-corrected chi connectivity index (χ0v) is 15.1. The highest BCUT2D eigenvalue weighted by molar-refractivity contribution is 7.12. The smallest absolute Gasteiger partial charge is 0.265 e. The minimum Gasteiger partial charge on any atom is -0.322 e. The number of hydrogen-bond acceptors (Lipinski definition) is 3.